The number of ether oxygens (including phenoxy) is 1. The third-order valence-electron chi connectivity index (χ3n) is 4.71. The minimum absolute atomic E-state index is 0.612. The summed E-state index contributed by atoms with van der Waals surface area (Å²) in [6, 6.07) is 14.3. The Labute approximate surface area is 176 Å². The van der Waals surface area contributed by atoms with E-state index in [0.717, 1.165) is 32.5 Å². The van der Waals surface area contributed by atoms with E-state index < -0.39 is 17.7 Å². The second-order valence-electron chi connectivity index (χ2n) is 8.18. The van der Waals surface area contributed by atoms with E-state index in [1.165, 1.54) is 0 Å². The molecule has 1 atom stereocenters. The smallest absolute Gasteiger partial charge is 0.337 e. The molecule has 0 bridgehead atoms. The van der Waals surface area contributed by atoms with Crippen molar-refractivity contribution in [1.29, 1.82) is 0 Å². The Morgan fingerprint density at radius 1 is 1.10 bits per heavy atom. The number of hydrogen-bond acceptors (Lipinski definition) is 4. The van der Waals surface area contributed by atoms with Gasteiger partial charge in [0.05, 0.1) is 11.1 Å². The molecule has 0 saturated carbocycles. The van der Waals surface area contributed by atoms with Gasteiger partial charge in [-0.05, 0) is 75.8 Å². The SMILES string of the molecule is CSc1ccc(-c2c([C@H](OC(C)(C)C)C(=O)O)c(C)nc3cc(C)ccc23)cc1. The summed E-state index contributed by atoms with van der Waals surface area (Å²) in [7, 11) is 0. The number of hydrogen-bond donors (Lipinski definition) is 1. The molecule has 3 rings (SSSR count). The summed E-state index contributed by atoms with van der Waals surface area (Å²) in [6.45, 7) is 9.48. The number of nitrogens with zero attached hydrogens (tertiary/aromatic N) is 1. The van der Waals surface area contributed by atoms with E-state index in [4.69, 9.17) is 9.72 Å². The van der Waals surface area contributed by atoms with E-state index in [-0.39, 0.29) is 0 Å². The molecule has 0 aliphatic rings. The Morgan fingerprint density at radius 3 is 2.31 bits per heavy atom. The minimum Gasteiger partial charge on any atom is -0.479 e. The van der Waals surface area contributed by atoms with E-state index >= 15 is 0 Å². The lowest BCUT2D eigenvalue weighted by Crippen LogP contribution is -2.28. The van der Waals surface area contributed by atoms with Crippen LogP contribution in [0.4, 0.5) is 0 Å². The number of aryl methyl sites for hydroxylation is 2. The van der Waals surface area contributed by atoms with Crippen LogP contribution in [0.2, 0.25) is 0 Å². The maximum Gasteiger partial charge on any atom is 0.337 e. The van der Waals surface area contributed by atoms with Crippen LogP contribution >= 0.6 is 11.8 Å². The maximum atomic E-state index is 12.2. The van der Waals surface area contributed by atoms with E-state index in [0.29, 0.717) is 11.3 Å². The molecule has 1 aromatic heterocycles. The third-order valence-corrected chi connectivity index (χ3v) is 5.45. The zero-order chi connectivity index (χ0) is 21.3. The highest BCUT2D eigenvalue weighted by Gasteiger charge is 2.32. The topological polar surface area (TPSA) is 59.4 Å². The summed E-state index contributed by atoms with van der Waals surface area (Å²) in [4.78, 5) is 18.1. The second-order valence-corrected chi connectivity index (χ2v) is 9.06. The van der Waals surface area contributed by atoms with Crippen LogP contribution in [0.3, 0.4) is 0 Å². The standard InChI is InChI=1S/C24H27NO3S/c1-14-7-12-18-19(13-14)25-15(2)20(22(23(26)27)28-24(3,4)5)21(18)16-8-10-17(29-6)11-9-16/h7-13,22H,1-6H3,(H,26,27)/t22-/m0/s1. The molecule has 0 radical (unpaired) electrons. The van der Waals surface area contributed by atoms with Crippen LogP contribution in [0, 0.1) is 13.8 Å². The van der Waals surface area contributed by atoms with Crippen molar-refractivity contribution in [3.05, 3.63) is 59.3 Å². The van der Waals surface area contributed by atoms with Crippen LogP contribution in [0.5, 0.6) is 0 Å². The first kappa shape index (κ1) is 21.3. The highest BCUT2D eigenvalue weighted by atomic mass is 32.2. The molecular weight excluding hydrogens is 382 g/mol. The highest BCUT2D eigenvalue weighted by molar-refractivity contribution is 7.98. The van der Waals surface area contributed by atoms with Gasteiger partial charge in [-0.15, -0.1) is 11.8 Å². The molecule has 0 fully saturated rings. The Kier molecular flexibility index (Phi) is 6.01. The first-order chi connectivity index (χ1) is 13.6. The molecule has 1 heterocycles. The number of thioether (sulfide) groups is 1. The van der Waals surface area contributed by atoms with Gasteiger partial charge >= 0.3 is 5.97 Å². The lowest BCUT2D eigenvalue weighted by molar-refractivity contribution is -0.160. The molecule has 0 aliphatic carbocycles. The van der Waals surface area contributed by atoms with Crippen molar-refractivity contribution in [2.75, 3.05) is 6.26 Å². The zero-order valence-electron chi connectivity index (χ0n) is 17.7. The molecule has 1 N–H and O–H groups in total. The van der Waals surface area contributed by atoms with Crippen LogP contribution in [0.15, 0.2) is 47.4 Å². The normalized spacial score (nSPS) is 12.9. The van der Waals surface area contributed by atoms with Gasteiger partial charge in [0, 0.05) is 21.5 Å². The fourth-order valence-corrected chi connectivity index (χ4v) is 3.90. The van der Waals surface area contributed by atoms with Crippen molar-refractivity contribution in [3.63, 3.8) is 0 Å². The summed E-state index contributed by atoms with van der Waals surface area (Å²) < 4.78 is 6.00. The molecular formula is C24H27NO3S. The van der Waals surface area contributed by atoms with Gasteiger partial charge < -0.3 is 9.84 Å². The number of benzene rings is 2. The number of carboxylic acid groups (broad SMARTS) is 1. The molecule has 0 amide bonds. The molecule has 0 unspecified atom stereocenters. The summed E-state index contributed by atoms with van der Waals surface area (Å²) in [5, 5.41) is 11.0. The Hall–Kier alpha value is -2.37. The number of aliphatic carboxylic acids is 1. The van der Waals surface area contributed by atoms with Gasteiger partial charge in [0.2, 0.25) is 0 Å². The Morgan fingerprint density at radius 2 is 1.76 bits per heavy atom. The van der Waals surface area contributed by atoms with Crippen LogP contribution in [-0.4, -0.2) is 27.9 Å². The molecule has 0 saturated heterocycles. The summed E-state index contributed by atoms with van der Waals surface area (Å²) >= 11 is 1.67. The fraction of sp³-hybridized carbons (Fsp3) is 0.333. The predicted molar refractivity (Wildman–Crippen MR) is 120 cm³/mol. The van der Waals surface area contributed by atoms with E-state index in [1.807, 2.05) is 71.2 Å². The van der Waals surface area contributed by atoms with Crippen molar-refractivity contribution in [2.24, 2.45) is 0 Å². The average molecular weight is 410 g/mol. The van der Waals surface area contributed by atoms with Gasteiger partial charge in [-0.3, -0.25) is 4.98 Å². The quantitative estimate of drug-likeness (QED) is 0.510. The van der Waals surface area contributed by atoms with Crippen molar-refractivity contribution in [2.45, 2.75) is 51.2 Å². The summed E-state index contributed by atoms with van der Waals surface area (Å²) in [5.74, 6) is -1.02. The average Bonchev–Trinajstić information content (AvgIpc) is 2.64. The van der Waals surface area contributed by atoms with Gasteiger partial charge in [0.15, 0.2) is 6.10 Å². The van der Waals surface area contributed by atoms with Crippen LogP contribution in [0.1, 0.15) is 43.7 Å². The second kappa shape index (κ2) is 8.17. The van der Waals surface area contributed by atoms with Gasteiger partial charge in [0.1, 0.15) is 0 Å². The van der Waals surface area contributed by atoms with Crippen LogP contribution < -0.4 is 0 Å². The molecule has 0 aliphatic heterocycles. The molecule has 5 heteroatoms. The summed E-state index contributed by atoms with van der Waals surface area (Å²) in [5.41, 5.74) is 4.47. The van der Waals surface area contributed by atoms with Crippen LogP contribution in [0.25, 0.3) is 22.0 Å². The Bertz CT molecular complexity index is 1050. The van der Waals surface area contributed by atoms with E-state index in [1.54, 1.807) is 11.8 Å². The summed E-state index contributed by atoms with van der Waals surface area (Å²) in [6.07, 6.45) is 0.927. The first-order valence-electron chi connectivity index (χ1n) is 9.56. The molecule has 29 heavy (non-hydrogen) atoms. The number of pyridine rings is 1. The van der Waals surface area contributed by atoms with Gasteiger partial charge in [-0.2, -0.15) is 0 Å². The molecule has 3 aromatic rings. The fourth-order valence-electron chi connectivity index (χ4n) is 3.49. The predicted octanol–water partition coefficient (Wildman–Crippen LogP) is 6.18. The maximum absolute atomic E-state index is 12.2. The molecule has 0 spiro atoms. The lowest BCUT2D eigenvalue weighted by Gasteiger charge is -2.28. The number of carbonyl (C=O) groups is 1. The minimum atomic E-state index is -1.11. The van der Waals surface area contributed by atoms with E-state index in [2.05, 4.69) is 12.1 Å². The van der Waals surface area contributed by atoms with Gasteiger partial charge in [-0.1, -0.05) is 24.3 Å². The van der Waals surface area contributed by atoms with Crippen molar-refractivity contribution in [1.82, 2.24) is 4.98 Å². The monoisotopic (exact) mass is 409 g/mol. The number of rotatable bonds is 5. The van der Waals surface area contributed by atoms with Crippen molar-refractivity contribution < 1.29 is 14.6 Å². The van der Waals surface area contributed by atoms with Crippen molar-refractivity contribution in [3.8, 4) is 11.1 Å². The Balaban J connectivity index is 2.37. The van der Waals surface area contributed by atoms with Gasteiger partial charge in [0.25, 0.3) is 0 Å². The number of aromatic nitrogens is 1. The molecule has 4 nitrogen and oxygen atoms in total. The number of carboxylic acids is 1. The third kappa shape index (κ3) is 4.62. The van der Waals surface area contributed by atoms with Crippen molar-refractivity contribution >= 4 is 28.6 Å². The molecule has 152 valence electrons. The zero-order valence-corrected chi connectivity index (χ0v) is 18.6. The highest BCUT2D eigenvalue weighted by Crippen LogP contribution is 2.39. The van der Waals surface area contributed by atoms with Gasteiger partial charge in [-0.25, -0.2) is 4.79 Å². The first-order valence-corrected chi connectivity index (χ1v) is 10.8. The molecule has 2 aromatic carbocycles. The largest absolute Gasteiger partial charge is 0.479 e. The lowest BCUT2D eigenvalue weighted by atomic mass is 9.90. The number of fused-ring (bicyclic) bond motifs is 1. The van der Waals surface area contributed by atoms with Crippen LogP contribution in [-0.2, 0) is 9.53 Å². The van der Waals surface area contributed by atoms with E-state index in [9.17, 15) is 9.90 Å².